The molecule has 0 fully saturated rings. The molecule has 2 N–H and O–H groups in total. The van der Waals surface area contributed by atoms with Gasteiger partial charge in [-0.15, -0.1) is 24.0 Å². The zero-order chi connectivity index (χ0) is 17.5. The molecule has 1 aliphatic rings. The van der Waals surface area contributed by atoms with E-state index in [0.717, 1.165) is 57.1 Å². The molecule has 0 spiro atoms. The van der Waals surface area contributed by atoms with E-state index in [0.29, 0.717) is 6.04 Å². The van der Waals surface area contributed by atoms with Gasteiger partial charge in [-0.25, -0.2) is 9.67 Å². The largest absolute Gasteiger partial charge is 0.357 e. The van der Waals surface area contributed by atoms with Crippen molar-refractivity contribution in [1.29, 1.82) is 0 Å². The van der Waals surface area contributed by atoms with E-state index in [1.54, 1.807) is 6.33 Å². The third-order valence-corrected chi connectivity index (χ3v) is 4.59. The van der Waals surface area contributed by atoms with Crippen LogP contribution in [0.3, 0.4) is 0 Å². The molecule has 6 nitrogen and oxygen atoms in total. The molecule has 1 aromatic heterocycles. The SMILES string of the molecule is CCNC(=NCCc1ccc(CC)cc1)NC1CCc2ncnn2C1.I. The zero-order valence-corrected chi connectivity index (χ0v) is 17.9. The summed E-state index contributed by atoms with van der Waals surface area (Å²) < 4.78 is 1.99. The van der Waals surface area contributed by atoms with Gasteiger partial charge in [0.25, 0.3) is 0 Å². The van der Waals surface area contributed by atoms with Gasteiger partial charge >= 0.3 is 0 Å². The Bertz CT molecular complexity index is 694. The second-order valence-electron chi connectivity index (χ2n) is 6.42. The first kappa shape index (κ1) is 20.7. The second kappa shape index (κ2) is 10.5. The molecule has 0 aliphatic carbocycles. The molecule has 1 aromatic carbocycles. The highest BCUT2D eigenvalue weighted by atomic mass is 127. The average molecular weight is 468 g/mol. The van der Waals surface area contributed by atoms with Crippen molar-refractivity contribution >= 4 is 29.9 Å². The zero-order valence-electron chi connectivity index (χ0n) is 15.6. The van der Waals surface area contributed by atoms with Gasteiger partial charge in [-0.05, 0) is 37.3 Å². The lowest BCUT2D eigenvalue weighted by atomic mass is 10.1. The van der Waals surface area contributed by atoms with Crippen molar-refractivity contribution in [2.75, 3.05) is 13.1 Å². The van der Waals surface area contributed by atoms with E-state index in [2.05, 4.69) is 58.8 Å². The first-order valence-electron chi connectivity index (χ1n) is 9.27. The minimum absolute atomic E-state index is 0. The van der Waals surface area contributed by atoms with Crippen LogP contribution >= 0.6 is 24.0 Å². The predicted octanol–water partition coefficient (Wildman–Crippen LogP) is 2.57. The van der Waals surface area contributed by atoms with Crippen LogP contribution in [0, 0.1) is 0 Å². The predicted molar refractivity (Wildman–Crippen MR) is 116 cm³/mol. The van der Waals surface area contributed by atoms with E-state index < -0.39 is 0 Å². The van der Waals surface area contributed by atoms with Crippen LogP contribution in [0.15, 0.2) is 35.6 Å². The van der Waals surface area contributed by atoms with Gasteiger partial charge in [0.1, 0.15) is 12.2 Å². The maximum atomic E-state index is 4.74. The molecule has 3 rings (SSSR count). The molecule has 0 amide bonds. The number of aryl methyl sites for hydroxylation is 2. The maximum Gasteiger partial charge on any atom is 0.191 e. The van der Waals surface area contributed by atoms with Crippen molar-refractivity contribution in [3.05, 3.63) is 47.5 Å². The van der Waals surface area contributed by atoms with Crippen molar-refractivity contribution < 1.29 is 0 Å². The fourth-order valence-corrected chi connectivity index (χ4v) is 3.11. The fraction of sp³-hybridized carbons (Fsp3) is 0.526. The lowest BCUT2D eigenvalue weighted by Gasteiger charge is -2.25. The molecule has 142 valence electrons. The molecule has 26 heavy (non-hydrogen) atoms. The van der Waals surface area contributed by atoms with Crippen molar-refractivity contribution in [3.8, 4) is 0 Å². The van der Waals surface area contributed by atoms with Crippen molar-refractivity contribution in [2.45, 2.75) is 52.1 Å². The number of hydrogen-bond acceptors (Lipinski definition) is 3. The van der Waals surface area contributed by atoms with Crippen LogP contribution in [0.25, 0.3) is 0 Å². The van der Waals surface area contributed by atoms with E-state index in [9.17, 15) is 0 Å². The van der Waals surface area contributed by atoms with Crippen LogP contribution in [0.1, 0.15) is 37.2 Å². The molecular weight excluding hydrogens is 439 g/mol. The molecule has 2 heterocycles. The average Bonchev–Trinajstić information content (AvgIpc) is 3.10. The van der Waals surface area contributed by atoms with Crippen LogP contribution in [0.4, 0.5) is 0 Å². The highest BCUT2D eigenvalue weighted by Crippen LogP contribution is 2.11. The van der Waals surface area contributed by atoms with E-state index in [4.69, 9.17) is 4.99 Å². The van der Waals surface area contributed by atoms with Crippen molar-refractivity contribution in [3.63, 3.8) is 0 Å². The number of guanidine groups is 1. The number of hydrogen-bond donors (Lipinski definition) is 2. The number of aliphatic imine (C=N–C) groups is 1. The number of aromatic nitrogens is 3. The Morgan fingerprint density at radius 2 is 2.00 bits per heavy atom. The molecule has 0 bridgehead atoms. The van der Waals surface area contributed by atoms with Crippen LogP contribution < -0.4 is 10.6 Å². The number of nitrogens with one attached hydrogen (secondary N) is 2. The van der Waals surface area contributed by atoms with E-state index >= 15 is 0 Å². The van der Waals surface area contributed by atoms with Gasteiger partial charge in [-0.3, -0.25) is 4.99 Å². The highest BCUT2D eigenvalue weighted by molar-refractivity contribution is 14.0. The number of benzene rings is 1. The summed E-state index contributed by atoms with van der Waals surface area (Å²) in [5.41, 5.74) is 2.72. The Balaban J connectivity index is 0.00000243. The fourth-order valence-electron chi connectivity index (χ4n) is 3.11. The molecular formula is C19H29IN6. The van der Waals surface area contributed by atoms with Crippen LogP contribution in [-0.4, -0.2) is 39.9 Å². The monoisotopic (exact) mass is 468 g/mol. The van der Waals surface area contributed by atoms with Crippen molar-refractivity contribution in [2.24, 2.45) is 4.99 Å². The molecule has 0 saturated carbocycles. The maximum absolute atomic E-state index is 4.74. The van der Waals surface area contributed by atoms with Gasteiger partial charge in [-0.2, -0.15) is 5.10 Å². The van der Waals surface area contributed by atoms with E-state index in [1.807, 2.05) is 4.68 Å². The van der Waals surface area contributed by atoms with Gasteiger partial charge in [0, 0.05) is 25.6 Å². The first-order chi connectivity index (χ1) is 12.3. The number of halogens is 1. The summed E-state index contributed by atoms with van der Waals surface area (Å²) in [6, 6.07) is 9.18. The quantitative estimate of drug-likeness (QED) is 0.389. The third-order valence-electron chi connectivity index (χ3n) is 4.59. The van der Waals surface area contributed by atoms with Crippen molar-refractivity contribution in [1.82, 2.24) is 25.4 Å². The van der Waals surface area contributed by atoms with Crippen LogP contribution in [0.5, 0.6) is 0 Å². The second-order valence-corrected chi connectivity index (χ2v) is 6.42. The highest BCUT2D eigenvalue weighted by Gasteiger charge is 2.20. The van der Waals surface area contributed by atoms with Crippen LogP contribution in [-0.2, 0) is 25.8 Å². The number of fused-ring (bicyclic) bond motifs is 1. The normalized spacial score (nSPS) is 16.5. The summed E-state index contributed by atoms with van der Waals surface area (Å²) >= 11 is 0. The van der Waals surface area contributed by atoms with Crippen LogP contribution in [0.2, 0.25) is 0 Å². The summed E-state index contributed by atoms with van der Waals surface area (Å²) in [6.07, 6.45) is 5.70. The van der Waals surface area contributed by atoms with E-state index in [1.165, 1.54) is 11.1 Å². The Morgan fingerprint density at radius 1 is 1.23 bits per heavy atom. The number of rotatable bonds is 6. The summed E-state index contributed by atoms with van der Waals surface area (Å²) in [4.78, 5) is 9.02. The number of nitrogens with zero attached hydrogens (tertiary/aromatic N) is 4. The minimum atomic E-state index is 0. The Labute approximate surface area is 172 Å². The van der Waals surface area contributed by atoms with Gasteiger partial charge in [0.2, 0.25) is 0 Å². The third kappa shape index (κ3) is 5.69. The summed E-state index contributed by atoms with van der Waals surface area (Å²) in [7, 11) is 0. The Morgan fingerprint density at radius 3 is 2.73 bits per heavy atom. The minimum Gasteiger partial charge on any atom is -0.357 e. The topological polar surface area (TPSA) is 67.1 Å². The van der Waals surface area contributed by atoms with Gasteiger partial charge in [-0.1, -0.05) is 31.2 Å². The smallest absolute Gasteiger partial charge is 0.191 e. The standard InChI is InChI=1S/C19H28N6.HI/c1-3-15-5-7-16(8-6-15)11-12-21-19(20-4-2)24-17-9-10-18-22-14-23-25(18)13-17;/h5-8,14,17H,3-4,9-13H2,1-2H3,(H2,20,21,24);1H. The summed E-state index contributed by atoms with van der Waals surface area (Å²) in [5.74, 6) is 1.97. The molecule has 1 unspecified atom stereocenters. The lowest BCUT2D eigenvalue weighted by Crippen LogP contribution is -2.47. The summed E-state index contributed by atoms with van der Waals surface area (Å²) in [6.45, 7) is 6.76. The van der Waals surface area contributed by atoms with Gasteiger partial charge in [0.15, 0.2) is 5.96 Å². The molecule has 2 aromatic rings. The van der Waals surface area contributed by atoms with Gasteiger partial charge < -0.3 is 10.6 Å². The Kier molecular flexibility index (Phi) is 8.34. The van der Waals surface area contributed by atoms with Gasteiger partial charge in [0.05, 0.1) is 6.54 Å². The lowest BCUT2D eigenvalue weighted by molar-refractivity contribution is 0.393. The Hall–Kier alpha value is -1.64. The first-order valence-corrected chi connectivity index (χ1v) is 9.27. The summed E-state index contributed by atoms with van der Waals surface area (Å²) in [5, 5.41) is 11.2. The van der Waals surface area contributed by atoms with E-state index in [-0.39, 0.29) is 24.0 Å². The molecule has 0 radical (unpaired) electrons. The molecule has 7 heteroatoms. The molecule has 1 atom stereocenters. The molecule has 1 aliphatic heterocycles. The molecule has 0 saturated heterocycles.